The third-order valence-electron chi connectivity index (χ3n) is 4.49. The topological polar surface area (TPSA) is 32.8 Å². The first kappa shape index (κ1) is 14.8. The maximum atomic E-state index is 12.7. The molecule has 0 saturated carbocycles. The van der Waals surface area contributed by atoms with Crippen LogP contribution in [0.25, 0.3) is 0 Å². The Morgan fingerprint density at radius 2 is 2.05 bits per heavy atom. The van der Waals surface area contributed by atoms with Crippen LogP contribution in [-0.2, 0) is 9.53 Å². The third-order valence-corrected chi connectivity index (χ3v) is 4.49. The molecule has 2 aliphatic heterocycles. The van der Waals surface area contributed by atoms with Gasteiger partial charge in [-0.15, -0.1) is 0 Å². The molecule has 4 heteroatoms. The number of amides is 1. The number of ether oxygens (including phenoxy) is 1. The van der Waals surface area contributed by atoms with Crippen LogP contribution < -0.4 is 0 Å². The lowest BCUT2D eigenvalue weighted by atomic mass is 9.99. The summed E-state index contributed by atoms with van der Waals surface area (Å²) in [5.74, 6) is 0.886. The van der Waals surface area contributed by atoms with Gasteiger partial charge in [0.1, 0.15) is 0 Å². The molecule has 2 heterocycles. The summed E-state index contributed by atoms with van der Waals surface area (Å²) in [5, 5.41) is 0. The molecule has 0 N–H and O–H groups in total. The zero-order valence-electron chi connectivity index (χ0n) is 12.6. The largest absolute Gasteiger partial charge is 0.384 e. The van der Waals surface area contributed by atoms with E-state index in [0.717, 1.165) is 39.1 Å². The molecule has 0 aromatic rings. The second kappa shape index (κ2) is 6.71. The first-order chi connectivity index (χ1) is 9.13. The average Bonchev–Trinajstić information content (AvgIpc) is 2.87. The van der Waals surface area contributed by atoms with E-state index in [9.17, 15) is 4.79 Å². The van der Waals surface area contributed by atoms with Gasteiger partial charge in [-0.3, -0.25) is 9.69 Å². The molecule has 2 aliphatic rings. The first-order valence-corrected chi connectivity index (χ1v) is 7.67. The lowest BCUT2D eigenvalue weighted by Gasteiger charge is -2.39. The summed E-state index contributed by atoms with van der Waals surface area (Å²) in [5.41, 5.74) is 0. The van der Waals surface area contributed by atoms with Gasteiger partial charge in [0.05, 0.1) is 12.6 Å². The molecule has 2 fully saturated rings. The van der Waals surface area contributed by atoms with Crippen molar-refractivity contribution in [2.45, 2.75) is 51.6 Å². The van der Waals surface area contributed by atoms with E-state index in [1.807, 2.05) is 0 Å². The Balaban J connectivity index is 1.94. The van der Waals surface area contributed by atoms with Gasteiger partial charge in [0.15, 0.2) is 0 Å². The van der Waals surface area contributed by atoms with Crippen molar-refractivity contribution < 1.29 is 9.53 Å². The van der Waals surface area contributed by atoms with Gasteiger partial charge in [0, 0.05) is 32.2 Å². The highest BCUT2D eigenvalue weighted by atomic mass is 16.5. The van der Waals surface area contributed by atoms with E-state index in [1.165, 1.54) is 12.8 Å². The van der Waals surface area contributed by atoms with Crippen LogP contribution in [-0.4, -0.2) is 61.1 Å². The summed E-state index contributed by atoms with van der Waals surface area (Å²) in [4.78, 5) is 17.2. The number of methoxy groups -OCH3 is 1. The Morgan fingerprint density at radius 1 is 1.26 bits per heavy atom. The van der Waals surface area contributed by atoms with Crippen LogP contribution in [0.1, 0.15) is 39.5 Å². The van der Waals surface area contributed by atoms with E-state index in [-0.39, 0.29) is 6.04 Å². The summed E-state index contributed by atoms with van der Waals surface area (Å²) in [6.45, 7) is 8.04. The van der Waals surface area contributed by atoms with Crippen LogP contribution in [0.4, 0.5) is 0 Å². The van der Waals surface area contributed by atoms with Crippen molar-refractivity contribution >= 4 is 5.91 Å². The van der Waals surface area contributed by atoms with Gasteiger partial charge < -0.3 is 9.64 Å². The molecule has 0 aromatic heterocycles. The maximum absolute atomic E-state index is 12.7. The fourth-order valence-corrected chi connectivity index (χ4v) is 3.45. The average molecular weight is 268 g/mol. The minimum atomic E-state index is 0.120. The Kier molecular flexibility index (Phi) is 5.22. The molecular weight excluding hydrogens is 240 g/mol. The number of hydrogen-bond donors (Lipinski definition) is 0. The van der Waals surface area contributed by atoms with Gasteiger partial charge in [-0.1, -0.05) is 6.42 Å². The van der Waals surface area contributed by atoms with Crippen LogP contribution in [0.3, 0.4) is 0 Å². The molecule has 2 rings (SSSR count). The van der Waals surface area contributed by atoms with Gasteiger partial charge in [-0.05, 0) is 39.7 Å². The molecule has 4 nitrogen and oxygen atoms in total. The number of nitrogens with zero attached hydrogens (tertiary/aromatic N) is 2. The second-order valence-electron chi connectivity index (χ2n) is 6.24. The van der Waals surface area contributed by atoms with E-state index < -0.39 is 0 Å². The third kappa shape index (κ3) is 3.48. The molecule has 19 heavy (non-hydrogen) atoms. The van der Waals surface area contributed by atoms with E-state index in [0.29, 0.717) is 17.9 Å². The Morgan fingerprint density at radius 3 is 2.74 bits per heavy atom. The highest BCUT2D eigenvalue weighted by molar-refractivity contribution is 5.82. The standard InChI is InChI=1S/C15H28N2O2/c1-12(2)17-8-5-4-6-14(17)15(18)16-9-7-13(10-16)11-19-3/h12-14H,4-11H2,1-3H3/t13-,14-/m1/s1. The first-order valence-electron chi connectivity index (χ1n) is 7.67. The van der Waals surface area contributed by atoms with Crippen molar-refractivity contribution in [1.82, 2.24) is 9.80 Å². The van der Waals surface area contributed by atoms with Gasteiger partial charge in [0.25, 0.3) is 0 Å². The molecular formula is C15H28N2O2. The number of rotatable bonds is 4. The number of carbonyl (C=O) groups is 1. The van der Waals surface area contributed by atoms with Crippen molar-refractivity contribution in [1.29, 1.82) is 0 Å². The number of hydrogen-bond acceptors (Lipinski definition) is 3. The van der Waals surface area contributed by atoms with Gasteiger partial charge in [-0.2, -0.15) is 0 Å². The highest BCUT2D eigenvalue weighted by Gasteiger charge is 2.35. The van der Waals surface area contributed by atoms with Crippen molar-refractivity contribution in [2.75, 3.05) is 33.4 Å². The van der Waals surface area contributed by atoms with Gasteiger partial charge >= 0.3 is 0 Å². The Labute approximate surface area is 117 Å². The van der Waals surface area contributed by atoms with E-state index in [4.69, 9.17) is 4.74 Å². The number of carbonyl (C=O) groups excluding carboxylic acids is 1. The lowest BCUT2D eigenvalue weighted by molar-refractivity contribution is -0.138. The highest BCUT2D eigenvalue weighted by Crippen LogP contribution is 2.24. The van der Waals surface area contributed by atoms with Gasteiger partial charge in [0.2, 0.25) is 5.91 Å². The molecule has 110 valence electrons. The van der Waals surface area contributed by atoms with E-state index in [2.05, 4.69) is 23.6 Å². The van der Waals surface area contributed by atoms with Crippen molar-refractivity contribution in [3.63, 3.8) is 0 Å². The monoisotopic (exact) mass is 268 g/mol. The predicted molar refractivity (Wildman–Crippen MR) is 76.0 cm³/mol. The Bertz CT molecular complexity index is 307. The SMILES string of the molecule is COC[C@@H]1CCN(C(=O)[C@H]2CCCCN2C(C)C)C1. The zero-order valence-corrected chi connectivity index (χ0v) is 12.6. The number of piperidine rings is 1. The quantitative estimate of drug-likeness (QED) is 0.778. The molecule has 0 bridgehead atoms. The zero-order chi connectivity index (χ0) is 13.8. The van der Waals surface area contributed by atoms with Crippen molar-refractivity contribution in [3.8, 4) is 0 Å². The summed E-state index contributed by atoms with van der Waals surface area (Å²) >= 11 is 0. The lowest BCUT2D eigenvalue weighted by Crippen LogP contribution is -2.52. The molecule has 0 radical (unpaired) electrons. The fourth-order valence-electron chi connectivity index (χ4n) is 3.45. The molecule has 0 unspecified atom stereocenters. The molecule has 0 aliphatic carbocycles. The number of likely N-dealkylation sites (tertiary alicyclic amines) is 2. The minimum Gasteiger partial charge on any atom is -0.384 e. The van der Waals surface area contributed by atoms with Crippen LogP contribution in [0.5, 0.6) is 0 Å². The van der Waals surface area contributed by atoms with Crippen LogP contribution in [0.2, 0.25) is 0 Å². The molecule has 2 atom stereocenters. The second-order valence-corrected chi connectivity index (χ2v) is 6.24. The van der Waals surface area contributed by atoms with E-state index >= 15 is 0 Å². The van der Waals surface area contributed by atoms with Crippen molar-refractivity contribution in [3.05, 3.63) is 0 Å². The van der Waals surface area contributed by atoms with Crippen LogP contribution in [0, 0.1) is 5.92 Å². The van der Waals surface area contributed by atoms with Gasteiger partial charge in [-0.25, -0.2) is 0 Å². The fraction of sp³-hybridized carbons (Fsp3) is 0.933. The van der Waals surface area contributed by atoms with Crippen LogP contribution >= 0.6 is 0 Å². The smallest absolute Gasteiger partial charge is 0.239 e. The maximum Gasteiger partial charge on any atom is 0.239 e. The van der Waals surface area contributed by atoms with Crippen LogP contribution in [0.15, 0.2) is 0 Å². The predicted octanol–water partition coefficient (Wildman–Crippen LogP) is 1.74. The molecule has 2 saturated heterocycles. The summed E-state index contributed by atoms with van der Waals surface area (Å²) < 4.78 is 5.21. The Hall–Kier alpha value is -0.610. The molecule has 0 aromatic carbocycles. The summed E-state index contributed by atoms with van der Waals surface area (Å²) in [7, 11) is 1.74. The molecule has 0 spiro atoms. The normalized spacial score (nSPS) is 29.2. The summed E-state index contributed by atoms with van der Waals surface area (Å²) in [6, 6.07) is 0.585. The van der Waals surface area contributed by atoms with E-state index in [1.54, 1.807) is 7.11 Å². The van der Waals surface area contributed by atoms with Crippen molar-refractivity contribution in [2.24, 2.45) is 5.92 Å². The summed E-state index contributed by atoms with van der Waals surface area (Å²) in [6.07, 6.45) is 4.54. The molecule has 1 amide bonds. The minimum absolute atomic E-state index is 0.120.